The lowest BCUT2D eigenvalue weighted by atomic mass is 10.1. The summed E-state index contributed by atoms with van der Waals surface area (Å²) < 4.78 is 10.4. The zero-order valence-corrected chi connectivity index (χ0v) is 13.8. The molecule has 1 aliphatic heterocycles. The van der Waals surface area contributed by atoms with Crippen LogP contribution < -0.4 is 4.74 Å². The molecule has 1 aromatic carbocycles. The van der Waals surface area contributed by atoms with Gasteiger partial charge in [-0.1, -0.05) is 25.5 Å². The Labute approximate surface area is 137 Å². The Balaban J connectivity index is 1.89. The van der Waals surface area contributed by atoms with Crippen LogP contribution in [0.25, 0.3) is 0 Å². The van der Waals surface area contributed by atoms with Crippen molar-refractivity contribution in [1.29, 1.82) is 0 Å². The molecule has 0 spiro atoms. The van der Waals surface area contributed by atoms with Crippen LogP contribution in [0.5, 0.6) is 5.75 Å². The van der Waals surface area contributed by atoms with Gasteiger partial charge in [0, 0.05) is 26.2 Å². The normalized spacial score (nSPS) is 14.5. The summed E-state index contributed by atoms with van der Waals surface area (Å²) in [5, 5.41) is 0. The van der Waals surface area contributed by atoms with Gasteiger partial charge in [0.2, 0.25) is 0 Å². The molecule has 6 nitrogen and oxygen atoms in total. The van der Waals surface area contributed by atoms with Gasteiger partial charge in [-0.25, -0.2) is 4.79 Å². The molecule has 1 saturated heterocycles. The van der Waals surface area contributed by atoms with Gasteiger partial charge < -0.3 is 19.3 Å². The van der Waals surface area contributed by atoms with Crippen molar-refractivity contribution in [3.8, 4) is 5.75 Å². The predicted octanol–water partition coefficient (Wildman–Crippen LogP) is 2.39. The van der Waals surface area contributed by atoms with Crippen molar-refractivity contribution in [3.63, 3.8) is 0 Å². The van der Waals surface area contributed by atoms with E-state index in [-0.39, 0.29) is 12.0 Å². The molecule has 2 amide bonds. The standard InChI is InChI=1S/C17H24N2O4/c1-3-4-13-23-17(21)19-11-9-18(10-12-19)16(20)14-7-5-6-8-15(14)22-2/h5-8H,3-4,9-13H2,1-2H3. The van der Waals surface area contributed by atoms with Crippen molar-refractivity contribution in [3.05, 3.63) is 29.8 Å². The number of hydrogen-bond acceptors (Lipinski definition) is 4. The number of hydrogen-bond donors (Lipinski definition) is 0. The quantitative estimate of drug-likeness (QED) is 0.782. The molecule has 2 rings (SSSR count). The van der Waals surface area contributed by atoms with Crippen LogP contribution in [0.3, 0.4) is 0 Å². The summed E-state index contributed by atoms with van der Waals surface area (Å²) in [6.07, 6.45) is 1.58. The van der Waals surface area contributed by atoms with Gasteiger partial charge in [-0.05, 0) is 18.6 Å². The summed E-state index contributed by atoms with van der Waals surface area (Å²) >= 11 is 0. The molecule has 0 N–H and O–H groups in total. The van der Waals surface area contributed by atoms with Crippen molar-refractivity contribution >= 4 is 12.0 Å². The molecule has 0 radical (unpaired) electrons. The van der Waals surface area contributed by atoms with Crippen LogP contribution in [0.2, 0.25) is 0 Å². The SMILES string of the molecule is CCCCOC(=O)N1CCN(C(=O)c2ccccc2OC)CC1. The summed E-state index contributed by atoms with van der Waals surface area (Å²) in [4.78, 5) is 27.9. The van der Waals surface area contributed by atoms with E-state index in [0.717, 1.165) is 12.8 Å². The number of piperazine rings is 1. The number of para-hydroxylation sites is 1. The summed E-state index contributed by atoms with van der Waals surface area (Å²) in [5.41, 5.74) is 0.550. The Bertz CT molecular complexity index is 539. The lowest BCUT2D eigenvalue weighted by molar-refractivity contribution is 0.0555. The molecule has 6 heteroatoms. The summed E-state index contributed by atoms with van der Waals surface area (Å²) in [6, 6.07) is 7.18. The minimum Gasteiger partial charge on any atom is -0.496 e. The summed E-state index contributed by atoms with van der Waals surface area (Å²) in [6.45, 7) is 4.49. The molecule has 1 aromatic rings. The van der Waals surface area contributed by atoms with Gasteiger partial charge in [-0.15, -0.1) is 0 Å². The molecular weight excluding hydrogens is 296 g/mol. The van der Waals surface area contributed by atoms with Crippen LogP contribution in [-0.2, 0) is 4.74 Å². The van der Waals surface area contributed by atoms with Crippen LogP contribution in [-0.4, -0.2) is 61.7 Å². The topological polar surface area (TPSA) is 59.1 Å². The van der Waals surface area contributed by atoms with Crippen LogP contribution in [0.4, 0.5) is 4.79 Å². The second-order valence-corrected chi connectivity index (χ2v) is 5.45. The van der Waals surface area contributed by atoms with Crippen molar-refractivity contribution in [1.82, 2.24) is 9.80 Å². The molecular formula is C17H24N2O4. The second kappa shape index (κ2) is 8.41. The van der Waals surface area contributed by atoms with Crippen molar-refractivity contribution in [2.45, 2.75) is 19.8 Å². The fourth-order valence-electron chi connectivity index (χ4n) is 2.48. The third-order valence-electron chi connectivity index (χ3n) is 3.89. The number of nitrogens with zero attached hydrogens (tertiary/aromatic N) is 2. The second-order valence-electron chi connectivity index (χ2n) is 5.45. The Morgan fingerprint density at radius 1 is 1.09 bits per heavy atom. The van der Waals surface area contributed by atoms with E-state index in [1.165, 1.54) is 0 Å². The molecule has 1 fully saturated rings. The summed E-state index contributed by atoms with van der Waals surface area (Å²) in [7, 11) is 1.55. The van der Waals surface area contributed by atoms with E-state index in [4.69, 9.17) is 9.47 Å². The lowest BCUT2D eigenvalue weighted by Crippen LogP contribution is -2.50. The largest absolute Gasteiger partial charge is 0.496 e. The molecule has 0 aliphatic carbocycles. The minimum atomic E-state index is -0.289. The van der Waals surface area contributed by atoms with Gasteiger partial charge in [0.25, 0.3) is 5.91 Å². The highest BCUT2D eigenvalue weighted by molar-refractivity contribution is 5.97. The first-order valence-corrected chi connectivity index (χ1v) is 8.01. The van der Waals surface area contributed by atoms with Crippen LogP contribution >= 0.6 is 0 Å². The van der Waals surface area contributed by atoms with Gasteiger partial charge in [0.05, 0.1) is 19.3 Å². The van der Waals surface area contributed by atoms with Crippen LogP contribution in [0.15, 0.2) is 24.3 Å². The van der Waals surface area contributed by atoms with E-state index in [9.17, 15) is 9.59 Å². The number of amides is 2. The van der Waals surface area contributed by atoms with Gasteiger partial charge in [-0.3, -0.25) is 4.79 Å². The Morgan fingerprint density at radius 2 is 1.74 bits per heavy atom. The maximum Gasteiger partial charge on any atom is 0.409 e. The van der Waals surface area contributed by atoms with E-state index < -0.39 is 0 Å². The number of methoxy groups -OCH3 is 1. The number of rotatable bonds is 5. The number of benzene rings is 1. The van der Waals surface area contributed by atoms with Gasteiger partial charge >= 0.3 is 6.09 Å². The van der Waals surface area contributed by atoms with E-state index in [1.54, 1.807) is 29.0 Å². The summed E-state index contributed by atoms with van der Waals surface area (Å²) in [5.74, 6) is 0.500. The molecule has 1 aliphatic rings. The smallest absolute Gasteiger partial charge is 0.409 e. The number of ether oxygens (including phenoxy) is 2. The van der Waals surface area contributed by atoms with Crippen molar-refractivity contribution in [2.75, 3.05) is 39.9 Å². The monoisotopic (exact) mass is 320 g/mol. The lowest BCUT2D eigenvalue weighted by Gasteiger charge is -2.34. The van der Waals surface area contributed by atoms with E-state index in [0.29, 0.717) is 44.1 Å². The van der Waals surface area contributed by atoms with Crippen molar-refractivity contribution < 1.29 is 19.1 Å². The Morgan fingerprint density at radius 3 is 2.39 bits per heavy atom. The Hall–Kier alpha value is -2.24. The third kappa shape index (κ3) is 4.37. The first-order chi connectivity index (χ1) is 11.2. The molecule has 0 atom stereocenters. The highest BCUT2D eigenvalue weighted by atomic mass is 16.6. The highest BCUT2D eigenvalue weighted by Gasteiger charge is 2.26. The Kier molecular flexibility index (Phi) is 6.26. The number of unbranched alkanes of at least 4 members (excludes halogenated alkanes) is 1. The molecule has 1 heterocycles. The zero-order valence-electron chi connectivity index (χ0n) is 13.8. The maximum absolute atomic E-state index is 12.6. The zero-order chi connectivity index (χ0) is 16.7. The molecule has 23 heavy (non-hydrogen) atoms. The van der Waals surface area contributed by atoms with E-state index >= 15 is 0 Å². The van der Waals surface area contributed by atoms with Gasteiger partial charge in [0.15, 0.2) is 0 Å². The number of carbonyl (C=O) groups excluding carboxylic acids is 2. The molecule has 0 saturated carbocycles. The van der Waals surface area contributed by atoms with Crippen molar-refractivity contribution in [2.24, 2.45) is 0 Å². The van der Waals surface area contributed by atoms with Gasteiger partial charge in [0.1, 0.15) is 5.75 Å². The van der Waals surface area contributed by atoms with Crippen LogP contribution in [0.1, 0.15) is 30.1 Å². The first-order valence-electron chi connectivity index (χ1n) is 8.01. The van der Waals surface area contributed by atoms with Gasteiger partial charge in [-0.2, -0.15) is 0 Å². The fourth-order valence-corrected chi connectivity index (χ4v) is 2.48. The average Bonchev–Trinajstić information content (AvgIpc) is 2.61. The third-order valence-corrected chi connectivity index (χ3v) is 3.89. The predicted molar refractivity (Wildman–Crippen MR) is 86.7 cm³/mol. The number of carbonyl (C=O) groups is 2. The molecule has 0 aromatic heterocycles. The molecule has 126 valence electrons. The first kappa shape index (κ1) is 17.1. The fraction of sp³-hybridized carbons (Fsp3) is 0.529. The average molecular weight is 320 g/mol. The maximum atomic E-state index is 12.6. The molecule has 0 bridgehead atoms. The van der Waals surface area contributed by atoms with Crippen LogP contribution in [0, 0.1) is 0 Å². The van der Waals surface area contributed by atoms with E-state index in [1.807, 2.05) is 12.1 Å². The minimum absolute atomic E-state index is 0.0681. The van der Waals surface area contributed by atoms with E-state index in [2.05, 4.69) is 6.92 Å². The highest BCUT2D eigenvalue weighted by Crippen LogP contribution is 2.20. The molecule has 0 unspecified atom stereocenters.